The van der Waals surface area contributed by atoms with Crippen molar-refractivity contribution < 1.29 is 9.59 Å². The lowest BCUT2D eigenvalue weighted by molar-refractivity contribution is -0.105. The van der Waals surface area contributed by atoms with Crippen molar-refractivity contribution in [2.75, 3.05) is 71.1 Å². The van der Waals surface area contributed by atoms with Crippen molar-refractivity contribution in [3.63, 3.8) is 0 Å². The van der Waals surface area contributed by atoms with Gasteiger partial charge in [0.15, 0.2) is 0 Å². The van der Waals surface area contributed by atoms with Gasteiger partial charge in [0, 0.05) is 66.0 Å². The van der Waals surface area contributed by atoms with Crippen LogP contribution in [0.1, 0.15) is 23.2 Å². The number of thioether (sulfide) groups is 1. The van der Waals surface area contributed by atoms with Crippen LogP contribution >= 0.6 is 35.0 Å². The number of nitrogens with one attached hydrogen (secondary N) is 1. The SMILES string of the molecule is C=CCCC1(NC)CN(C)C1.CN1CCN(c2cccc(Cl)c2)CC1.O=CCSc1ccc(C=O)cc1Cl. The molecule has 2 aromatic carbocycles. The fourth-order valence-electron chi connectivity index (χ4n) is 4.38. The summed E-state index contributed by atoms with van der Waals surface area (Å²) in [5, 5.41) is 4.72. The van der Waals surface area contributed by atoms with E-state index in [-0.39, 0.29) is 0 Å². The van der Waals surface area contributed by atoms with Crippen LogP contribution in [0.3, 0.4) is 0 Å². The first-order chi connectivity index (χ1) is 18.3. The third-order valence-electron chi connectivity index (χ3n) is 6.58. The third kappa shape index (κ3) is 10.7. The molecule has 2 aliphatic heterocycles. The van der Waals surface area contributed by atoms with Crippen LogP contribution in [0.4, 0.5) is 5.69 Å². The molecule has 9 heteroatoms. The second-order valence-electron chi connectivity index (χ2n) is 9.59. The molecule has 0 aromatic heterocycles. The standard InChI is InChI=1S/C11H15ClN2.C9H7ClO2S.C9H18N2/c1-13-5-7-14(8-6-13)11-4-2-3-10(12)9-11;10-8-5-7(6-12)1-2-9(8)13-4-3-11;1-4-5-6-9(10-2)7-11(3)8-9/h2-4,9H,5-8H2,1H3;1-3,5-6H,4H2;4,10H,1,5-8H2,2-3H3. The zero-order valence-electron chi connectivity index (χ0n) is 22.7. The van der Waals surface area contributed by atoms with Gasteiger partial charge in [-0.3, -0.25) is 4.79 Å². The predicted molar refractivity (Wildman–Crippen MR) is 164 cm³/mol. The number of piperazine rings is 1. The highest BCUT2D eigenvalue weighted by molar-refractivity contribution is 8.00. The highest BCUT2D eigenvalue weighted by Crippen LogP contribution is 2.27. The molecule has 0 amide bonds. The number of benzene rings is 2. The lowest BCUT2D eigenvalue weighted by Crippen LogP contribution is -2.66. The Morgan fingerprint density at radius 1 is 1.03 bits per heavy atom. The summed E-state index contributed by atoms with van der Waals surface area (Å²) < 4.78 is 0. The second kappa shape index (κ2) is 17.0. The Labute approximate surface area is 242 Å². The smallest absolute Gasteiger partial charge is 0.150 e. The summed E-state index contributed by atoms with van der Waals surface area (Å²) in [6.45, 7) is 10.5. The average molecular weight is 580 g/mol. The normalized spacial score (nSPS) is 16.7. The van der Waals surface area contributed by atoms with Crippen LogP contribution in [0.2, 0.25) is 10.0 Å². The second-order valence-corrected chi connectivity index (χ2v) is 11.5. The summed E-state index contributed by atoms with van der Waals surface area (Å²) in [4.78, 5) is 28.3. The summed E-state index contributed by atoms with van der Waals surface area (Å²) in [7, 11) is 6.37. The number of likely N-dealkylation sites (N-methyl/N-ethyl adjacent to an activating group) is 3. The van der Waals surface area contributed by atoms with E-state index >= 15 is 0 Å². The molecule has 0 aliphatic carbocycles. The largest absolute Gasteiger partial charge is 0.369 e. The molecule has 2 aromatic rings. The number of hydrogen-bond donors (Lipinski definition) is 1. The number of carbonyl (C=O) groups is 2. The molecule has 0 bridgehead atoms. The Bertz CT molecular complexity index is 1030. The number of rotatable bonds is 9. The zero-order chi connectivity index (χ0) is 28.0. The molecule has 2 aliphatic rings. The van der Waals surface area contributed by atoms with E-state index < -0.39 is 0 Å². The van der Waals surface area contributed by atoms with Crippen LogP contribution in [0.25, 0.3) is 0 Å². The van der Waals surface area contributed by atoms with Crippen molar-refractivity contribution in [1.82, 2.24) is 15.1 Å². The minimum absolute atomic E-state index is 0.375. The molecule has 2 heterocycles. The Morgan fingerprint density at radius 2 is 1.74 bits per heavy atom. The van der Waals surface area contributed by atoms with Gasteiger partial charge in [0.25, 0.3) is 0 Å². The van der Waals surface area contributed by atoms with Gasteiger partial charge in [-0.05, 0) is 64.3 Å². The van der Waals surface area contributed by atoms with Gasteiger partial charge in [0.2, 0.25) is 0 Å². The van der Waals surface area contributed by atoms with Crippen molar-refractivity contribution in [2.24, 2.45) is 0 Å². The molecule has 6 nitrogen and oxygen atoms in total. The van der Waals surface area contributed by atoms with E-state index in [9.17, 15) is 9.59 Å². The molecule has 0 spiro atoms. The third-order valence-corrected chi connectivity index (χ3v) is 8.21. The zero-order valence-corrected chi connectivity index (χ0v) is 25.0. The number of nitrogens with zero attached hydrogens (tertiary/aromatic N) is 3. The first kappa shape index (κ1) is 32.3. The maximum atomic E-state index is 10.4. The van der Waals surface area contributed by atoms with E-state index in [1.165, 1.54) is 37.0 Å². The van der Waals surface area contributed by atoms with E-state index in [4.69, 9.17) is 23.2 Å². The van der Waals surface area contributed by atoms with Crippen molar-refractivity contribution in [2.45, 2.75) is 23.3 Å². The minimum atomic E-state index is 0.375. The van der Waals surface area contributed by atoms with Crippen molar-refractivity contribution in [3.05, 3.63) is 70.7 Å². The maximum Gasteiger partial charge on any atom is 0.150 e. The molecule has 0 radical (unpaired) electrons. The molecule has 208 valence electrons. The van der Waals surface area contributed by atoms with Gasteiger partial charge < -0.3 is 24.8 Å². The van der Waals surface area contributed by atoms with Gasteiger partial charge in [0.1, 0.15) is 12.6 Å². The summed E-state index contributed by atoms with van der Waals surface area (Å²) in [6, 6.07) is 13.1. The van der Waals surface area contributed by atoms with Gasteiger partial charge in [-0.1, -0.05) is 41.4 Å². The van der Waals surface area contributed by atoms with Crippen molar-refractivity contribution in [3.8, 4) is 0 Å². The Balaban J connectivity index is 0.000000202. The highest BCUT2D eigenvalue weighted by Gasteiger charge is 2.38. The lowest BCUT2D eigenvalue weighted by Gasteiger charge is -2.48. The average Bonchev–Trinajstić information content (AvgIpc) is 2.91. The number of hydrogen-bond acceptors (Lipinski definition) is 7. The number of halogens is 2. The fraction of sp³-hybridized carbons (Fsp3) is 0.448. The number of likely N-dealkylation sites (tertiary alicyclic amines) is 1. The van der Waals surface area contributed by atoms with Crippen molar-refractivity contribution >= 4 is 53.2 Å². The van der Waals surface area contributed by atoms with E-state index in [1.54, 1.807) is 18.2 Å². The van der Waals surface area contributed by atoms with Gasteiger partial charge in [-0.2, -0.15) is 0 Å². The molecular formula is C29H40Cl2N4O2S. The molecule has 2 saturated heterocycles. The number of anilines is 1. The monoisotopic (exact) mass is 578 g/mol. The number of aldehydes is 2. The van der Waals surface area contributed by atoms with Crippen LogP contribution in [-0.2, 0) is 4.79 Å². The van der Waals surface area contributed by atoms with E-state index in [1.807, 2.05) is 24.3 Å². The predicted octanol–water partition coefficient (Wildman–Crippen LogP) is 5.39. The van der Waals surface area contributed by atoms with Crippen molar-refractivity contribution in [1.29, 1.82) is 0 Å². The lowest BCUT2D eigenvalue weighted by atomic mass is 9.86. The van der Waals surface area contributed by atoms with E-state index in [2.05, 4.69) is 53.8 Å². The van der Waals surface area contributed by atoms with Gasteiger partial charge in [-0.15, -0.1) is 18.3 Å². The highest BCUT2D eigenvalue weighted by atomic mass is 35.5. The molecule has 4 rings (SSSR count). The van der Waals surface area contributed by atoms with Gasteiger partial charge >= 0.3 is 0 Å². The first-order valence-electron chi connectivity index (χ1n) is 12.7. The molecular weight excluding hydrogens is 539 g/mol. The molecule has 2 fully saturated rings. The van der Waals surface area contributed by atoms with E-state index in [0.717, 1.165) is 55.1 Å². The van der Waals surface area contributed by atoms with E-state index in [0.29, 0.717) is 21.9 Å². The van der Waals surface area contributed by atoms with Crippen LogP contribution < -0.4 is 10.2 Å². The Morgan fingerprint density at radius 3 is 2.26 bits per heavy atom. The maximum absolute atomic E-state index is 10.4. The summed E-state index contributed by atoms with van der Waals surface area (Å²) in [5.41, 5.74) is 2.18. The molecule has 0 atom stereocenters. The molecule has 0 unspecified atom stereocenters. The van der Waals surface area contributed by atoms with Crippen LogP contribution in [0.15, 0.2) is 60.0 Å². The molecule has 1 N–H and O–H groups in total. The molecule has 0 saturated carbocycles. The first-order valence-corrected chi connectivity index (χ1v) is 14.5. The summed E-state index contributed by atoms with van der Waals surface area (Å²) in [6.07, 6.45) is 5.89. The fourth-order valence-corrected chi connectivity index (χ4v) is 5.52. The Kier molecular flexibility index (Phi) is 14.4. The van der Waals surface area contributed by atoms with Crippen LogP contribution in [0.5, 0.6) is 0 Å². The number of allylic oxidation sites excluding steroid dienone is 1. The molecule has 38 heavy (non-hydrogen) atoms. The van der Waals surface area contributed by atoms with Crippen LogP contribution in [0, 0.1) is 0 Å². The minimum Gasteiger partial charge on any atom is -0.369 e. The van der Waals surface area contributed by atoms with Gasteiger partial charge in [0.05, 0.1) is 10.8 Å². The quantitative estimate of drug-likeness (QED) is 0.243. The summed E-state index contributed by atoms with van der Waals surface area (Å²) >= 11 is 13.2. The topological polar surface area (TPSA) is 55.9 Å². The van der Waals surface area contributed by atoms with Gasteiger partial charge in [-0.25, -0.2) is 0 Å². The van der Waals surface area contributed by atoms with Crippen LogP contribution in [-0.4, -0.2) is 94.1 Å². The Hall–Kier alpha value is -1.87. The number of carbonyl (C=O) groups excluding carboxylic acids is 2. The summed E-state index contributed by atoms with van der Waals surface area (Å²) in [5.74, 6) is 0.375.